The van der Waals surface area contributed by atoms with E-state index < -0.39 is 23.3 Å². The highest BCUT2D eigenvalue weighted by Crippen LogP contribution is 2.35. The van der Waals surface area contributed by atoms with Gasteiger partial charge in [-0.2, -0.15) is 0 Å². The molecule has 0 heterocycles. The lowest BCUT2D eigenvalue weighted by Gasteiger charge is -2.07. The summed E-state index contributed by atoms with van der Waals surface area (Å²) in [4.78, 5) is 10.7. The van der Waals surface area contributed by atoms with Crippen LogP contribution in [-0.4, -0.2) is 21.4 Å². The predicted octanol–water partition coefficient (Wildman–Crippen LogP) is -0.524. The van der Waals surface area contributed by atoms with Crippen molar-refractivity contribution in [2.24, 2.45) is 5.84 Å². The Labute approximate surface area is 85.1 Å². The van der Waals surface area contributed by atoms with Gasteiger partial charge in [0.2, 0.25) is 0 Å². The summed E-state index contributed by atoms with van der Waals surface area (Å²) in [6.07, 6.45) is 0. The molecule has 0 unspecified atom stereocenters. The summed E-state index contributed by atoms with van der Waals surface area (Å²) in [6, 6.07) is 1.83. The number of benzene rings is 1. The highest BCUT2D eigenvalue weighted by molar-refractivity contribution is 5.73. The van der Waals surface area contributed by atoms with Crippen molar-refractivity contribution in [3.05, 3.63) is 17.7 Å². The summed E-state index contributed by atoms with van der Waals surface area (Å²) in [6.45, 7) is 0.0600. The molecule has 0 fully saturated rings. The quantitative estimate of drug-likeness (QED) is 0.170. The number of nitrogens with one attached hydrogen (secondary N) is 2. The van der Waals surface area contributed by atoms with E-state index in [1.807, 2.05) is 5.43 Å². The van der Waals surface area contributed by atoms with Crippen LogP contribution in [0, 0.1) is 0 Å². The highest BCUT2D eigenvalue weighted by Gasteiger charge is 2.08. The van der Waals surface area contributed by atoms with Gasteiger partial charge < -0.3 is 20.6 Å². The van der Waals surface area contributed by atoms with Crippen LogP contribution in [0.4, 0.5) is 4.79 Å². The maximum atomic E-state index is 10.7. The molecule has 1 aromatic rings. The molecule has 0 atom stereocenters. The molecule has 0 radical (unpaired) electrons. The molecule has 15 heavy (non-hydrogen) atoms. The number of urea groups is 1. The van der Waals surface area contributed by atoms with E-state index >= 15 is 0 Å². The number of aromatic hydroxyl groups is 3. The second kappa shape index (κ2) is 4.38. The zero-order chi connectivity index (χ0) is 11.4. The van der Waals surface area contributed by atoms with E-state index in [-0.39, 0.29) is 6.54 Å². The van der Waals surface area contributed by atoms with E-state index in [2.05, 4.69) is 5.32 Å². The summed E-state index contributed by atoms with van der Waals surface area (Å²) in [5.41, 5.74) is 2.27. The molecule has 1 rings (SSSR count). The van der Waals surface area contributed by atoms with E-state index in [9.17, 15) is 4.79 Å². The minimum absolute atomic E-state index is 0.0600. The first-order chi connectivity index (χ1) is 7.04. The number of hydrogen-bond donors (Lipinski definition) is 6. The summed E-state index contributed by atoms with van der Waals surface area (Å²) >= 11 is 0. The molecular formula is C8H11N3O4. The van der Waals surface area contributed by atoms with E-state index in [4.69, 9.17) is 21.2 Å². The normalized spacial score (nSPS) is 9.67. The van der Waals surface area contributed by atoms with Gasteiger partial charge in [0.1, 0.15) is 0 Å². The standard InChI is InChI=1S/C8H11N3O4/c9-11-8(15)10-3-4-1-5(12)7(14)6(13)2-4/h1-2,12-14H,3,9H2,(H2,10,11,15). The zero-order valence-corrected chi connectivity index (χ0v) is 7.69. The summed E-state index contributed by atoms with van der Waals surface area (Å²) < 4.78 is 0. The van der Waals surface area contributed by atoms with Crippen LogP contribution in [0.1, 0.15) is 5.56 Å². The summed E-state index contributed by atoms with van der Waals surface area (Å²) in [5, 5.41) is 29.7. The number of hydrogen-bond acceptors (Lipinski definition) is 5. The molecular weight excluding hydrogens is 202 g/mol. The van der Waals surface area contributed by atoms with Gasteiger partial charge in [0, 0.05) is 6.54 Å². The SMILES string of the molecule is NNC(=O)NCc1cc(O)c(O)c(O)c1. The minimum Gasteiger partial charge on any atom is -0.504 e. The monoisotopic (exact) mass is 213 g/mol. The fourth-order valence-corrected chi connectivity index (χ4v) is 0.996. The van der Waals surface area contributed by atoms with Gasteiger partial charge >= 0.3 is 6.03 Å². The van der Waals surface area contributed by atoms with Gasteiger partial charge in [-0.3, -0.25) is 5.43 Å². The second-order valence-electron chi connectivity index (χ2n) is 2.81. The third kappa shape index (κ3) is 2.64. The maximum Gasteiger partial charge on any atom is 0.329 e. The van der Waals surface area contributed by atoms with Crippen molar-refractivity contribution in [3.8, 4) is 17.2 Å². The van der Waals surface area contributed by atoms with Crippen molar-refractivity contribution in [2.75, 3.05) is 0 Å². The van der Waals surface area contributed by atoms with Crippen molar-refractivity contribution >= 4 is 6.03 Å². The lowest BCUT2D eigenvalue weighted by molar-refractivity contribution is 0.240. The molecule has 0 aliphatic rings. The van der Waals surface area contributed by atoms with Crippen LogP contribution in [0.5, 0.6) is 17.2 Å². The van der Waals surface area contributed by atoms with Gasteiger partial charge in [-0.15, -0.1) is 0 Å². The van der Waals surface area contributed by atoms with E-state index in [1.54, 1.807) is 0 Å². The Bertz CT molecular complexity index is 357. The van der Waals surface area contributed by atoms with Gasteiger partial charge in [-0.25, -0.2) is 10.6 Å². The van der Waals surface area contributed by atoms with E-state index in [0.29, 0.717) is 5.56 Å². The number of amides is 2. The number of carbonyl (C=O) groups excluding carboxylic acids is 1. The Hall–Kier alpha value is -2.15. The molecule has 82 valence electrons. The number of rotatable bonds is 2. The first kappa shape index (κ1) is 10.9. The van der Waals surface area contributed by atoms with Crippen molar-refractivity contribution < 1.29 is 20.1 Å². The molecule has 0 aliphatic heterocycles. The van der Waals surface area contributed by atoms with Crippen LogP contribution in [0.15, 0.2) is 12.1 Å². The highest BCUT2D eigenvalue weighted by atomic mass is 16.3. The molecule has 0 bridgehead atoms. The zero-order valence-electron chi connectivity index (χ0n) is 7.69. The smallest absolute Gasteiger partial charge is 0.329 e. The van der Waals surface area contributed by atoms with Crippen molar-refractivity contribution in [1.29, 1.82) is 0 Å². The largest absolute Gasteiger partial charge is 0.504 e. The van der Waals surface area contributed by atoms with E-state index in [0.717, 1.165) is 0 Å². The Balaban J connectivity index is 2.75. The molecule has 0 saturated carbocycles. The Kier molecular flexibility index (Phi) is 3.19. The Morgan fingerprint density at radius 3 is 2.27 bits per heavy atom. The van der Waals surface area contributed by atoms with Crippen molar-refractivity contribution in [3.63, 3.8) is 0 Å². The summed E-state index contributed by atoms with van der Waals surface area (Å²) in [7, 11) is 0. The van der Waals surface area contributed by atoms with Gasteiger partial charge in [0.25, 0.3) is 0 Å². The van der Waals surface area contributed by atoms with Crippen LogP contribution >= 0.6 is 0 Å². The van der Waals surface area contributed by atoms with Crippen LogP contribution in [0.2, 0.25) is 0 Å². The van der Waals surface area contributed by atoms with E-state index in [1.165, 1.54) is 12.1 Å². The molecule has 7 nitrogen and oxygen atoms in total. The number of carbonyl (C=O) groups is 1. The van der Waals surface area contributed by atoms with Gasteiger partial charge in [0.15, 0.2) is 17.2 Å². The molecule has 1 aromatic carbocycles. The number of phenols is 3. The lowest BCUT2D eigenvalue weighted by atomic mass is 10.2. The second-order valence-corrected chi connectivity index (χ2v) is 2.81. The number of phenolic OH excluding ortho intramolecular Hbond substituents is 3. The van der Waals surface area contributed by atoms with Gasteiger partial charge in [0.05, 0.1) is 0 Å². The fraction of sp³-hybridized carbons (Fsp3) is 0.125. The van der Waals surface area contributed by atoms with Crippen molar-refractivity contribution in [2.45, 2.75) is 6.54 Å². The first-order valence-electron chi connectivity index (χ1n) is 4.03. The molecule has 0 saturated heterocycles. The van der Waals surface area contributed by atoms with Gasteiger partial charge in [-0.05, 0) is 17.7 Å². The lowest BCUT2D eigenvalue weighted by Crippen LogP contribution is -2.39. The van der Waals surface area contributed by atoms with Crippen LogP contribution < -0.4 is 16.6 Å². The Morgan fingerprint density at radius 1 is 1.27 bits per heavy atom. The molecule has 7 heteroatoms. The maximum absolute atomic E-state index is 10.7. The predicted molar refractivity (Wildman–Crippen MR) is 51.0 cm³/mol. The molecule has 7 N–H and O–H groups in total. The molecule has 2 amide bonds. The molecule has 0 aliphatic carbocycles. The third-order valence-electron chi connectivity index (χ3n) is 1.71. The Morgan fingerprint density at radius 2 is 1.80 bits per heavy atom. The minimum atomic E-state index is -0.595. The number of hydrazine groups is 1. The van der Waals surface area contributed by atoms with Crippen LogP contribution in [0.3, 0.4) is 0 Å². The number of nitrogens with two attached hydrogens (primary N) is 1. The summed E-state index contributed by atoms with van der Waals surface area (Å²) in [5.74, 6) is 3.31. The average Bonchev–Trinajstić information content (AvgIpc) is 2.22. The van der Waals surface area contributed by atoms with Crippen LogP contribution in [-0.2, 0) is 6.54 Å². The fourth-order valence-electron chi connectivity index (χ4n) is 0.996. The molecule has 0 aromatic heterocycles. The topological polar surface area (TPSA) is 128 Å². The van der Waals surface area contributed by atoms with Gasteiger partial charge in [-0.1, -0.05) is 0 Å². The van der Waals surface area contributed by atoms with Crippen molar-refractivity contribution in [1.82, 2.24) is 10.7 Å². The first-order valence-corrected chi connectivity index (χ1v) is 4.03. The third-order valence-corrected chi connectivity index (χ3v) is 1.71. The molecule has 0 spiro atoms. The average molecular weight is 213 g/mol. The van der Waals surface area contributed by atoms with Crippen LogP contribution in [0.25, 0.3) is 0 Å².